The Morgan fingerprint density at radius 3 is 1.92 bits per heavy atom. The second kappa shape index (κ2) is 10.7. The second-order valence-electron chi connectivity index (χ2n) is 8.74. The van der Waals surface area contributed by atoms with Crippen molar-refractivity contribution >= 4 is 27.2 Å². The predicted molar refractivity (Wildman–Crippen MR) is 144 cm³/mol. The Balaban J connectivity index is 1.62. The van der Waals surface area contributed by atoms with E-state index < -0.39 is 10.0 Å². The molecule has 0 saturated heterocycles. The molecule has 0 heterocycles. The maximum absolute atomic E-state index is 12.8. The van der Waals surface area contributed by atoms with Crippen LogP contribution < -0.4 is 9.62 Å². The van der Waals surface area contributed by atoms with Gasteiger partial charge in [-0.1, -0.05) is 60.7 Å². The molecule has 184 valence electrons. The Labute approximate surface area is 211 Å². The number of phenols is 1. The van der Waals surface area contributed by atoms with Gasteiger partial charge in [0.25, 0.3) is 0 Å². The van der Waals surface area contributed by atoms with Crippen LogP contribution in [0.15, 0.2) is 97.1 Å². The maximum Gasteiger partial charge on any atom is 0.229 e. The first kappa shape index (κ1) is 25.0. The molecule has 7 heteroatoms. The number of anilines is 2. The summed E-state index contributed by atoms with van der Waals surface area (Å²) in [6, 6.07) is 29.3. The van der Waals surface area contributed by atoms with E-state index in [1.165, 1.54) is 12.1 Å². The highest BCUT2D eigenvalue weighted by atomic mass is 32.2. The summed E-state index contributed by atoms with van der Waals surface area (Å²) in [5.74, 6) is 0.00425. The van der Waals surface area contributed by atoms with E-state index in [0.29, 0.717) is 29.9 Å². The van der Waals surface area contributed by atoms with Gasteiger partial charge in [0.1, 0.15) is 5.75 Å². The first-order chi connectivity index (χ1) is 17.2. The molecule has 0 spiro atoms. The third kappa shape index (κ3) is 6.31. The topological polar surface area (TPSA) is 86.7 Å². The zero-order chi connectivity index (χ0) is 25.7. The Hall–Kier alpha value is -4.10. The molecule has 6 nitrogen and oxygen atoms in total. The first-order valence-electron chi connectivity index (χ1n) is 11.5. The molecule has 36 heavy (non-hydrogen) atoms. The lowest BCUT2D eigenvalue weighted by molar-refractivity contribution is 0.103. The lowest BCUT2D eigenvalue weighted by Crippen LogP contribution is -2.23. The molecule has 0 aliphatic rings. The number of rotatable bonds is 9. The third-order valence-electron chi connectivity index (χ3n) is 5.88. The number of carbonyl (C=O) groups excluding carboxylic acids is 1. The van der Waals surface area contributed by atoms with Crippen molar-refractivity contribution in [3.05, 3.63) is 125 Å². The van der Waals surface area contributed by atoms with Gasteiger partial charge in [-0.3, -0.25) is 9.52 Å². The normalized spacial score (nSPS) is 11.2. The van der Waals surface area contributed by atoms with Crippen molar-refractivity contribution in [1.82, 2.24) is 0 Å². The molecule has 0 aliphatic carbocycles. The number of nitrogens with zero attached hydrogens (tertiary/aromatic N) is 1. The molecule has 0 aromatic heterocycles. The van der Waals surface area contributed by atoms with Crippen molar-refractivity contribution in [2.45, 2.75) is 20.0 Å². The van der Waals surface area contributed by atoms with Gasteiger partial charge >= 0.3 is 0 Å². The molecule has 0 fully saturated rings. The lowest BCUT2D eigenvalue weighted by atomic mass is 10.0. The molecule has 0 aliphatic heterocycles. The van der Waals surface area contributed by atoms with Crippen LogP contribution in [-0.2, 0) is 23.1 Å². The molecule has 0 amide bonds. The molecule has 0 bridgehead atoms. The highest BCUT2D eigenvalue weighted by Crippen LogP contribution is 2.30. The summed E-state index contributed by atoms with van der Waals surface area (Å²) in [6.45, 7) is 3.09. The minimum atomic E-state index is -3.41. The van der Waals surface area contributed by atoms with Crippen LogP contribution in [0.4, 0.5) is 11.4 Å². The highest BCUT2D eigenvalue weighted by Gasteiger charge is 2.16. The number of ketones is 1. The van der Waals surface area contributed by atoms with Crippen molar-refractivity contribution < 1.29 is 18.3 Å². The molecule has 0 radical (unpaired) electrons. The third-order valence-corrected chi connectivity index (χ3v) is 6.47. The van der Waals surface area contributed by atoms with Gasteiger partial charge in [-0.05, 0) is 60.0 Å². The Morgan fingerprint density at radius 1 is 0.778 bits per heavy atom. The molecule has 4 rings (SSSR count). The summed E-state index contributed by atoms with van der Waals surface area (Å²) < 4.78 is 26.3. The number of hydrogen-bond donors (Lipinski definition) is 2. The second-order valence-corrected chi connectivity index (χ2v) is 10.5. The summed E-state index contributed by atoms with van der Waals surface area (Å²) >= 11 is 0. The van der Waals surface area contributed by atoms with Gasteiger partial charge < -0.3 is 10.0 Å². The van der Waals surface area contributed by atoms with Crippen LogP contribution in [0.5, 0.6) is 5.75 Å². The minimum Gasteiger partial charge on any atom is -0.508 e. The van der Waals surface area contributed by atoms with E-state index in [2.05, 4.69) is 21.8 Å². The van der Waals surface area contributed by atoms with Crippen LogP contribution in [0.2, 0.25) is 0 Å². The van der Waals surface area contributed by atoms with Gasteiger partial charge in [0, 0.05) is 29.9 Å². The Bertz CT molecular complexity index is 1450. The van der Waals surface area contributed by atoms with E-state index in [1.54, 1.807) is 30.3 Å². The number of aromatic hydroxyl groups is 1. The first-order valence-corrected chi connectivity index (χ1v) is 13.4. The quantitative estimate of drug-likeness (QED) is 0.296. The average molecular weight is 501 g/mol. The number of sulfonamides is 1. The molecule has 0 atom stereocenters. The molecule has 0 saturated carbocycles. The van der Waals surface area contributed by atoms with Gasteiger partial charge in [0.15, 0.2) is 5.78 Å². The van der Waals surface area contributed by atoms with Crippen LogP contribution in [-0.4, -0.2) is 25.6 Å². The number of phenolic OH excluding ortho intramolecular Hbond substituents is 1. The fourth-order valence-electron chi connectivity index (χ4n) is 4.07. The van der Waals surface area contributed by atoms with Crippen LogP contribution in [0, 0.1) is 6.92 Å². The van der Waals surface area contributed by atoms with E-state index in [0.717, 1.165) is 28.6 Å². The Kier molecular flexibility index (Phi) is 7.41. The average Bonchev–Trinajstić information content (AvgIpc) is 2.85. The molecule has 4 aromatic carbocycles. The molecular weight excluding hydrogens is 472 g/mol. The van der Waals surface area contributed by atoms with Gasteiger partial charge in [-0.25, -0.2) is 8.42 Å². The zero-order valence-corrected chi connectivity index (χ0v) is 21.0. The van der Waals surface area contributed by atoms with Crippen molar-refractivity contribution in [3.63, 3.8) is 0 Å². The van der Waals surface area contributed by atoms with Crippen molar-refractivity contribution in [3.8, 4) is 5.75 Å². The van der Waals surface area contributed by atoms with Gasteiger partial charge in [-0.2, -0.15) is 0 Å². The van der Waals surface area contributed by atoms with Crippen LogP contribution in [0.1, 0.15) is 32.6 Å². The summed E-state index contributed by atoms with van der Waals surface area (Å²) in [5, 5.41) is 9.47. The van der Waals surface area contributed by atoms with E-state index in [9.17, 15) is 18.3 Å². The van der Waals surface area contributed by atoms with E-state index in [-0.39, 0.29) is 11.5 Å². The fourth-order valence-corrected chi connectivity index (χ4v) is 4.69. The Morgan fingerprint density at radius 2 is 1.33 bits per heavy atom. The van der Waals surface area contributed by atoms with Gasteiger partial charge in [0.2, 0.25) is 10.0 Å². The lowest BCUT2D eigenvalue weighted by Gasteiger charge is -2.28. The number of benzene rings is 4. The molecular formula is C29H28N2O4S. The van der Waals surface area contributed by atoms with Gasteiger partial charge in [0.05, 0.1) is 11.9 Å². The molecule has 4 aromatic rings. The summed E-state index contributed by atoms with van der Waals surface area (Å²) in [4.78, 5) is 15.0. The van der Waals surface area contributed by atoms with Crippen molar-refractivity contribution in [2.75, 3.05) is 15.9 Å². The van der Waals surface area contributed by atoms with Gasteiger partial charge in [-0.15, -0.1) is 0 Å². The predicted octanol–water partition coefficient (Wildman–Crippen LogP) is 5.51. The molecule has 2 N–H and O–H groups in total. The summed E-state index contributed by atoms with van der Waals surface area (Å²) in [5.41, 5.74) is 5.50. The highest BCUT2D eigenvalue weighted by molar-refractivity contribution is 7.92. The summed E-state index contributed by atoms with van der Waals surface area (Å²) in [6.07, 6.45) is 1.14. The van der Waals surface area contributed by atoms with Crippen molar-refractivity contribution in [2.24, 2.45) is 0 Å². The zero-order valence-electron chi connectivity index (χ0n) is 20.2. The monoisotopic (exact) mass is 500 g/mol. The van der Waals surface area contributed by atoms with E-state index in [1.807, 2.05) is 49.4 Å². The number of nitrogens with one attached hydrogen (secondary N) is 1. The SMILES string of the molecule is Cc1c(NS(C)(=O)=O)cccc1N(Cc1ccccc1)Cc1ccc(C(=O)c2ccc(O)cc2)cc1. The minimum absolute atomic E-state index is 0.113. The smallest absolute Gasteiger partial charge is 0.229 e. The molecule has 0 unspecified atom stereocenters. The van der Waals surface area contributed by atoms with E-state index >= 15 is 0 Å². The largest absolute Gasteiger partial charge is 0.508 e. The van der Waals surface area contributed by atoms with Crippen LogP contribution in [0.25, 0.3) is 0 Å². The fraction of sp³-hybridized carbons (Fsp3) is 0.138. The van der Waals surface area contributed by atoms with Crippen LogP contribution in [0.3, 0.4) is 0 Å². The number of carbonyl (C=O) groups is 1. The number of hydrogen-bond acceptors (Lipinski definition) is 5. The van der Waals surface area contributed by atoms with Crippen molar-refractivity contribution in [1.29, 1.82) is 0 Å². The van der Waals surface area contributed by atoms with Crippen LogP contribution >= 0.6 is 0 Å². The standard InChI is InChI=1S/C29H28N2O4S/c1-21-27(30-36(2,34)35)9-6-10-28(21)31(19-22-7-4-3-5-8-22)20-23-11-13-24(14-12-23)29(33)25-15-17-26(32)18-16-25/h3-18,30,32H,19-20H2,1-2H3. The maximum atomic E-state index is 12.8. The summed E-state index contributed by atoms with van der Waals surface area (Å²) in [7, 11) is -3.41. The van der Waals surface area contributed by atoms with E-state index in [4.69, 9.17) is 0 Å².